The van der Waals surface area contributed by atoms with E-state index in [2.05, 4.69) is 10.2 Å². The minimum atomic E-state index is -0.433. The molecular weight excluding hydrogens is 454 g/mol. The summed E-state index contributed by atoms with van der Waals surface area (Å²) in [5.74, 6) is -0.0269. The summed E-state index contributed by atoms with van der Waals surface area (Å²) in [6.07, 6.45) is 0. The Hall–Kier alpha value is -5.11. The SMILES string of the molecule is O=[N+]([O-])c1ccc(Cn2c(O)c(N=Nc3c4ccccc4nc4ccccc34)c3ccccc32)cc1. The molecule has 6 aromatic rings. The third kappa shape index (κ3) is 3.61. The largest absolute Gasteiger partial charge is 0.493 e. The standard InChI is InChI=1S/C28H19N5O3/c34-28-27(31-30-26-20-7-1-4-10-23(20)29-24-11-5-2-8-21(24)26)22-9-3-6-12-25(22)32(28)17-18-13-15-19(16-14-18)33(35)36/h1-16,34H,17H2. The Labute approximate surface area is 204 Å². The number of fused-ring (bicyclic) bond motifs is 3. The van der Waals surface area contributed by atoms with Crippen molar-refractivity contribution < 1.29 is 10.0 Å². The summed E-state index contributed by atoms with van der Waals surface area (Å²) in [7, 11) is 0. The number of pyridine rings is 1. The van der Waals surface area contributed by atoms with E-state index in [0.717, 1.165) is 38.3 Å². The lowest BCUT2D eigenvalue weighted by Crippen LogP contribution is -1.99. The summed E-state index contributed by atoms with van der Waals surface area (Å²) in [6, 6.07) is 29.4. The number of aromatic nitrogens is 2. The van der Waals surface area contributed by atoms with Crippen molar-refractivity contribution in [1.82, 2.24) is 9.55 Å². The maximum Gasteiger partial charge on any atom is 0.269 e. The van der Waals surface area contributed by atoms with Gasteiger partial charge in [0, 0.05) is 28.3 Å². The van der Waals surface area contributed by atoms with Gasteiger partial charge in [-0.15, -0.1) is 10.2 Å². The topological polar surface area (TPSA) is 106 Å². The van der Waals surface area contributed by atoms with Crippen LogP contribution in [0.3, 0.4) is 0 Å². The summed E-state index contributed by atoms with van der Waals surface area (Å²) in [5.41, 5.74) is 4.29. The number of hydrogen-bond acceptors (Lipinski definition) is 6. The lowest BCUT2D eigenvalue weighted by molar-refractivity contribution is -0.384. The first-order valence-electron chi connectivity index (χ1n) is 11.3. The van der Waals surface area contributed by atoms with Crippen LogP contribution in [-0.4, -0.2) is 19.6 Å². The second-order valence-corrected chi connectivity index (χ2v) is 8.39. The van der Waals surface area contributed by atoms with Crippen LogP contribution in [0.25, 0.3) is 32.7 Å². The molecule has 0 aliphatic rings. The van der Waals surface area contributed by atoms with Gasteiger partial charge < -0.3 is 9.67 Å². The summed E-state index contributed by atoms with van der Waals surface area (Å²) < 4.78 is 1.73. The summed E-state index contributed by atoms with van der Waals surface area (Å²) >= 11 is 0. The van der Waals surface area contributed by atoms with Crippen molar-refractivity contribution in [3.8, 4) is 5.88 Å². The highest BCUT2D eigenvalue weighted by Gasteiger charge is 2.18. The molecule has 0 radical (unpaired) electrons. The van der Waals surface area contributed by atoms with Gasteiger partial charge in [0.2, 0.25) is 5.88 Å². The second-order valence-electron chi connectivity index (χ2n) is 8.39. The molecule has 2 aromatic heterocycles. The molecule has 0 fully saturated rings. The van der Waals surface area contributed by atoms with Crippen LogP contribution in [0.4, 0.5) is 17.1 Å². The van der Waals surface area contributed by atoms with E-state index in [1.165, 1.54) is 12.1 Å². The molecule has 0 saturated carbocycles. The monoisotopic (exact) mass is 473 g/mol. The fraction of sp³-hybridized carbons (Fsp3) is 0.0357. The molecule has 0 amide bonds. The molecule has 36 heavy (non-hydrogen) atoms. The highest BCUT2D eigenvalue weighted by molar-refractivity contribution is 6.06. The first-order valence-corrected chi connectivity index (χ1v) is 11.3. The zero-order valence-electron chi connectivity index (χ0n) is 18.9. The van der Waals surface area contributed by atoms with Gasteiger partial charge in [0.05, 0.1) is 28.0 Å². The van der Waals surface area contributed by atoms with Crippen LogP contribution in [0.2, 0.25) is 0 Å². The van der Waals surface area contributed by atoms with E-state index in [4.69, 9.17) is 4.98 Å². The van der Waals surface area contributed by atoms with Crippen LogP contribution in [0.5, 0.6) is 5.88 Å². The molecule has 6 rings (SSSR count). The van der Waals surface area contributed by atoms with Crippen molar-refractivity contribution in [1.29, 1.82) is 0 Å². The number of hydrogen-bond donors (Lipinski definition) is 1. The van der Waals surface area contributed by atoms with Crippen molar-refractivity contribution in [3.05, 3.63) is 113 Å². The van der Waals surface area contributed by atoms with E-state index in [-0.39, 0.29) is 11.6 Å². The molecule has 0 bridgehead atoms. The molecule has 0 spiro atoms. The van der Waals surface area contributed by atoms with Gasteiger partial charge in [-0.3, -0.25) is 10.1 Å². The normalized spacial score (nSPS) is 11.7. The fourth-order valence-corrected chi connectivity index (χ4v) is 4.46. The van der Waals surface area contributed by atoms with Crippen LogP contribution in [0.15, 0.2) is 107 Å². The van der Waals surface area contributed by atoms with E-state index in [1.54, 1.807) is 16.7 Å². The van der Waals surface area contributed by atoms with E-state index in [0.29, 0.717) is 17.9 Å². The Kier molecular flexibility index (Phi) is 5.11. The zero-order valence-corrected chi connectivity index (χ0v) is 18.9. The quantitative estimate of drug-likeness (QED) is 0.122. The molecule has 0 aliphatic heterocycles. The van der Waals surface area contributed by atoms with Gasteiger partial charge >= 0.3 is 0 Å². The number of benzene rings is 4. The van der Waals surface area contributed by atoms with Crippen LogP contribution < -0.4 is 0 Å². The molecule has 0 saturated heterocycles. The lowest BCUT2D eigenvalue weighted by atomic mass is 10.1. The Morgan fingerprint density at radius 1 is 0.750 bits per heavy atom. The van der Waals surface area contributed by atoms with Crippen molar-refractivity contribution in [3.63, 3.8) is 0 Å². The van der Waals surface area contributed by atoms with Gasteiger partial charge in [0.1, 0.15) is 5.69 Å². The van der Waals surface area contributed by atoms with Crippen LogP contribution in [0.1, 0.15) is 5.56 Å². The maximum absolute atomic E-state index is 11.2. The Morgan fingerprint density at radius 3 is 1.94 bits per heavy atom. The number of rotatable bonds is 5. The van der Waals surface area contributed by atoms with Gasteiger partial charge in [-0.25, -0.2) is 4.98 Å². The predicted octanol–water partition coefficient (Wildman–Crippen LogP) is 7.42. The second kappa shape index (κ2) is 8.59. The van der Waals surface area contributed by atoms with Crippen molar-refractivity contribution >= 4 is 49.8 Å². The molecule has 1 N–H and O–H groups in total. The van der Waals surface area contributed by atoms with E-state index in [1.807, 2.05) is 72.8 Å². The average Bonchev–Trinajstić information content (AvgIpc) is 3.17. The lowest BCUT2D eigenvalue weighted by Gasteiger charge is -2.07. The average molecular weight is 473 g/mol. The molecule has 8 heteroatoms. The highest BCUT2D eigenvalue weighted by atomic mass is 16.6. The minimum absolute atomic E-state index is 0.0200. The Balaban J connectivity index is 1.48. The molecule has 0 atom stereocenters. The number of aromatic hydroxyl groups is 1. The van der Waals surface area contributed by atoms with Gasteiger partial charge in [-0.05, 0) is 23.8 Å². The van der Waals surface area contributed by atoms with Gasteiger partial charge in [0.25, 0.3) is 5.69 Å². The zero-order chi connectivity index (χ0) is 24.6. The van der Waals surface area contributed by atoms with Gasteiger partial charge in [0.15, 0.2) is 5.69 Å². The first kappa shape index (κ1) is 21.4. The molecule has 0 unspecified atom stereocenters. The number of nitro benzene ring substituents is 1. The van der Waals surface area contributed by atoms with Gasteiger partial charge in [-0.2, -0.15) is 0 Å². The number of azo groups is 1. The molecular formula is C28H19N5O3. The van der Waals surface area contributed by atoms with Crippen LogP contribution in [-0.2, 0) is 6.54 Å². The number of non-ortho nitro benzene ring substituents is 1. The van der Waals surface area contributed by atoms with E-state index >= 15 is 0 Å². The Morgan fingerprint density at radius 2 is 1.31 bits per heavy atom. The summed E-state index contributed by atoms with van der Waals surface area (Å²) in [4.78, 5) is 15.3. The predicted molar refractivity (Wildman–Crippen MR) is 139 cm³/mol. The van der Waals surface area contributed by atoms with Crippen molar-refractivity contribution in [2.24, 2.45) is 10.2 Å². The maximum atomic E-state index is 11.2. The summed E-state index contributed by atoms with van der Waals surface area (Å²) in [6.45, 7) is 0.320. The minimum Gasteiger partial charge on any atom is -0.493 e. The highest BCUT2D eigenvalue weighted by Crippen LogP contribution is 2.41. The smallest absolute Gasteiger partial charge is 0.269 e. The number of nitrogens with zero attached hydrogens (tertiary/aromatic N) is 5. The van der Waals surface area contributed by atoms with E-state index in [9.17, 15) is 15.2 Å². The van der Waals surface area contributed by atoms with Crippen molar-refractivity contribution in [2.45, 2.75) is 6.54 Å². The van der Waals surface area contributed by atoms with E-state index < -0.39 is 4.92 Å². The molecule has 4 aromatic carbocycles. The van der Waals surface area contributed by atoms with Gasteiger partial charge in [-0.1, -0.05) is 66.7 Å². The third-order valence-corrected chi connectivity index (χ3v) is 6.21. The van der Waals surface area contributed by atoms with Crippen molar-refractivity contribution in [2.75, 3.05) is 0 Å². The molecule has 8 nitrogen and oxygen atoms in total. The molecule has 174 valence electrons. The van der Waals surface area contributed by atoms with Crippen LogP contribution in [0, 0.1) is 10.1 Å². The molecule has 0 aliphatic carbocycles. The Bertz CT molecular complexity index is 1750. The fourth-order valence-electron chi connectivity index (χ4n) is 4.46. The summed E-state index contributed by atoms with van der Waals surface area (Å²) in [5, 5.41) is 33.9. The third-order valence-electron chi connectivity index (χ3n) is 6.21. The molecule has 2 heterocycles. The first-order chi connectivity index (χ1) is 17.6. The van der Waals surface area contributed by atoms with Crippen LogP contribution >= 0.6 is 0 Å². The number of nitro groups is 1. The number of para-hydroxylation sites is 3.